The molecule has 0 aliphatic carbocycles. The molecule has 0 spiro atoms. The highest BCUT2D eigenvalue weighted by atomic mass is 15.5. The molecule has 1 aromatic carbocycles. The first-order chi connectivity index (χ1) is 9.65. The molecular formula is C16H22N4. The van der Waals surface area contributed by atoms with E-state index in [1.165, 1.54) is 19.3 Å². The Morgan fingerprint density at radius 2 is 1.95 bits per heavy atom. The molecule has 4 heteroatoms. The number of hydrazine groups is 1. The second-order valence-electron chi connectivity index (χ2n) is 5.78. The van der Waals surface area contributed by atoms with Crippen molar-refractivity contribution in [3.8, 4) is 0 Å². The predicted molar refractivity (Wildman–Crippen MR) is 84.4 cm³/mol. The minimum absolute atomic E-state index is 0.552. The molecule has 1 aliphatic rings. The summed E-state index contributed by atoms with van der Waals surface area (Å²) in [4.78, 5) is 4.40. The summed E-state index contributed by atoms with van der Waals surface area (Å²) in [5.41, 5.74) is 12.2. The molecule has 2 unspecified atom stereocenters. The third kappa shape index (κ3) is 2.43. The lowest BCUT2D eigenvalue weighted by molar-refractivity contribution is 0.136. The molecule has 1 aromatic heterocycles. The first-order valence-corrected chi connectivity index (χ1v) is 7.34. The van der Waals surface area contributed by atoms with Crippen LogP contribution in [0.25, 0.3) is 10.9 Å². The number of benzene rings is 1. The minimum atomic E-state index is 0.552. The molecule has 4 nitrogen and oxygen atoms in total. The third-order valence-corrected chi connectivity index (χ3v) is 4.21. The molecule has 2 heterocycles. The van der Waals surface area contributed by atoms with Crippen LogP contribution < -0.4 is 11.2 Å². The maximum atomic E-state index is 5.83. The van der Waals surface area contributed by atoms with E-state index in [-0.39, 0.29) is 0 Å². The number of rotatable bonds is 2. The van der Waals surface area contributed by atoms with E-state index in [0.29, 0.717) is 12.1 Å². The number of piperidine rings is 1. The van der Waals surface area contributed by atoms with Gasteiger partial charge in [-0.15, -0.1) is 0 Å². The average molecular weight is 270 g/mol. The Morgan fingerprint density at radius 3 is 2.70 bits per heavy atom. The number of hydrogen-bond donors (Lipinski definition) is 2. The van der Waals surface area contributed by atoms with Gasteiger partial charge in [-0.05, 0) is 51.0 Å². The maximum absolute atomic E-state index is 5.83. The van der Waals surface area contributed by atoms with Crippen LogP contribution in [0, 0.1) is 0 Å². The van der Waals surface area contributed by atoms with Crippen molar-refractivity contribution in [3.05, 3.63) is 30.5 Å². The Hall–Kier alpha value is -1.81. The van der Waals surface area contributed by atoms with Crippen molar-refractivity contribution in [1.82, 2.24) is 9.99 Å². The third-order valence-electron chi connectivity index (χ3n) is 4.21. The lowest BCUT2D eigenvalue weighted by Gasteiger charge is -2.39. The van der Waals surface area contributed by atoms with Crippen LogP contribution in [-0.2, 0) is 0 Å². The molecule has 2 atom stereocenters. The number of nitrogens with zero attached hydrogens (tertiary/aromatic N) is 2. The Labute approximate surface area is 120 Å². The fourth-order valence-corrected chi connectivity index (χ4v) is 3.04. The van der Waals surface area contributed by atoms with E-state index in [1.54, 1.807) is 0 Å². The Balaban J connectivity index is 1.94. The smallest absolute Gasteiger partial charge is 0.0743 e. The Bertz CT molecular complexity index is 600. The zero-order valence-corrected chi connectivity index (χ0v) is 12.1. The highest BCUT2D eigenvalue weighted by molar-refractivity contribution is 5.92. The van der Waals surface area contributed by atoms with Gasteiger partial charge < -0.3 is 11.2 Å². The van der Waals surface area contributed by atoms with E-state index in [9.17, 15) is 0 Å². The van der Waals surface area contributed by atoms with E-state index in [0.717, 1.165) is 22.3 Å². The lowest BCUT2D eigenvalue weighted by Crippen LogP contribution is -2.47. The van der Waals surface area contributed by atoms with Gasteiger partial charge in [-0.1, -0.05) is 6.42 Å². The van der Waals surface area contributed by atoms with Gasteiger partial charge in [0.2, 0.25) is 0 Å². The zero-order valence-electron chi connectivity index (χ0n) is 12.1. The first kappa shape index (κ1) is 13.2. The molecule has 1 fully saturated rings. The number of nitrogens with two attached hydrogens (primary N) is 1. The molecule has 106 valence electrons. The largest absolute Gasteiger partial charge is 0.399 e. The molecule has 3 rings (SSSR count). The Morgan fingerprint density at radius 1 is 1.20 bits per heavy atom. The SMILES string of the molecule is CC1CCCC(C)N1Nc1ccnc2cc(N)ccc12. The Kier molecular flexibility index (Phi) is 3.49. The van der Waals surface area contributed by atoms with E-state index in [2.05, 4.69) is 29.3 Å². The quantitative estimate of drug-likeness (QED) is 0.821. The molecule has 2 aromatic rings. The van der Waals surface area contributed by atoms with Gasteiger partial charge in [-0.2, -0.15) is 0 Å². The van der Waals surface area contributed by atoms with Crippen molar-refractivity contribution < 1.29 is 0 Å². The number of aromatic nitrogens is 1. The summed E-state index contributed by atoms with van der Waals surface area (Å²) in [6.45, 7) is 4.56. The summed E-state index contributed by atoms with van der Waals surface area (Å²) in [5.74, 6) is 0. The highest BCUT2D eigenvalue weighted by Crippen LogP contribution is 2.27. The van der Waals surface area contributed by atoms with E-state index >= 15 is 0 Å². The number of fused-ring (bicyclic) bond motifs is 1. The summed E-state index contributed by atoms with van der Waals surface area (Å²) >= 11 is 0. The van der Waals surface area contributed by atoms with Crippen molar-refractivity contribution >= 4 is 22.3 Å². The van der Waals surface area contributed by atoms with Gasteiger partial charge in [-0.25, -0.2) is 5.01 Å². The summed E-state index contributed by atoms with van der Waals surface area (Å²) in [5, 5.41) is 3.49. The van der Waals surface area contributed by atoms with Crippen molar-refractivity contribution in [2.45, 2.75) is 45.2 Å². The summed E-state index contributed by atoms with van der Waals surface area (Å²) in [6.07, 6.45) is 5.64. The van der Waals surface area contributed by atoms with Gasteiger partial charge in [0.05, 0.1) is 11.2 Å². The fraction of sp³-hybridized carbons (Fsp3) is 0.438. The number of anilines is 2. The van der Waals surface area contributed by atoms with Gasteiger partial charge >= 0.3 is 0 Å². The van der Waals surface area contributed by atoms with E-state index in [1.807, 2.05) is 30.5 Å². The standard InChI is InChI=1S/C16H22N4/c1-11-4-3-5-12(2)20(11)19-15-8-9-18-16-10-13(17)6-7-14(15)16/h6-12H,3-5,17H2,1-2H3,(H,18,19). The summed E-state index contributed by atoms with van der Waals surface area (Å²) in [7, 11) is 0. The van der Waals surface area contributed by atoms with E-state index in [4.69, 9.17) is 5.73 Å². The highest BCUT2D eigenvalue weighted by Gasteiger charge is 2.24. The van der Waals surface area contributed by atoms with Crippen LogP contribution >= 0.6 is 0 Å². The monoisotopic (exact) mass is 270 g/mol. The molecule has 0 bridgehead atoms. The van der Waals surface area contributed by atoms with Crippen LogP contribution in [0.15, 0.2) is 30.5 Å². The second kappa shape index (κ2) is 5.29. The second-order valence-corrected chi connectivity index (χ2v) is 5.78. The van der Waals surface area contributed by atoms with Gasteiger partial charge in [0.1, 0.15) is 0 Å². The molecule has 20 heavy (non-hydrogen) atoms. The molecule has 0 radical (unpaired) electrons. The fourth-order valence-electron chi connectivity index (χ4n) is 3.04. The van der Waals surface area contributed by atoms with Crippen molar-refractivity contribution in [2.75, 3.05) is 11.2 Å². The van der Waals surface area contributed by atoms with Crippen molar-refractivity contribution in [3.63, 3.8) is 0 Å². The maximum Gasteiger partial charge on any atom is 0.0743 e. The van der Waals surface area contributed by atoms with E-state index < -0.39 is 0 Å². The van der Waals surface area contributed by atoms with Gasteiger partial charge in [0.15, 0.2) is 0 Å². The summed E-state index contributed by atoms with van der Waals surface area (Å²) < 4.78 is 0. The summed E-state index contributed by atoms with van der Waals surface area (Å²) in [6, 6.07) is 9.03. The molecule has 0 amide bonds. The molecule has 0 saturated carbocycles. The van der Waals surface area contributed by atoms with Crippen LogP contribution in [0.3, 0.4) is 0 Å². The number of hydrogen-bond acceptors (Lipinski definition) is 4. The normalized spacial score (nSPS) is 23.9. The van der Waals surface area contributed by atoms with Crippen LogP contribution in [0.1, 0.15) is 33.1 Å². The zero-order chi connectivity index (χ0) is 14.1. The number of pyridine rings is 1. The van der Waals surface area contributed by atoms with Crippen molar-refractivity contribution in [2.24, 2.45) is 0 Å². The number of nitrogens with one attached hydrogen (secondary N) is 1. The van der Waals surface area contributed by atoms with Gasteiger partial charge in [0.25, 0.3) is 0 Å². The van der Waals surface area contributed by atoms with Crippen LogP contribution in [0.4, 0.5) is 11.4 Å². The molecule has 3 N–H and O–H groups in total. The van der Waals surface area contributed by atoms with Gasteiger partial charge in [-0.3, -0.25) is 4.98 Å². The van der Waals surface area contributed by atoms with Crippen molar-refractivity contribution in [1.29, 1.82) is 0 Å². The van der Waals surface area contributed by atoms with Crippen LogP contribution in [0.2, 0.25) is 0 Å². The topological polar surface area (TPSA) is 54.2 Å². The average Bonchev–Trinajstić information content (AvgIpc) is 2.42. The minimum Gasteiger partial charge on any atom is -0.399 e. The lowest BCUT2D eigenvalue weighted by atomic mass is 10.00. The van der Waals surface area contributed by atoms with Gasteiger partial charge in [0, 0.05) is 29.4 Å². The number of nitrogen functional groups attached to an aromatic ring is 1. The first-order valence-electron chi connectivity index (χ1n) is 7.34. The predicted octanol–water partition coefficient (Wildman–Crippen LogP) is 3.41. The molecule has 1 aliphatic heterocycles. The molecule has 1 saturated heterocycles. The van der Waals surface area contributed by atoms with Crippen LogP contribution in [0.5, 0.6) is 0 Å². The molecular weight excluding hydrogens is 248 g/mol. The van der Waals surface area contributed by atoms with Crippen LogP contribution in [-0.4, -0.2) is 22.1 Å².